The van der Waals surface area contributed by atoms with Gasteiger partial charge in [0, 0.05) is 48.1 Å². The molecule has 1 atom stereocenters. The van der Waals surface area contributed by atoms with Crippen LogP contribution in [0.4, 0.5) is 11.5 Å². The Morgan fingerprint density at radius 3 is 2.38 bits per heavy atom. The van der Waals surface area contributed by atoms with Gasteiger partial charge < -0.3 is 15.2 Å². The predicted octanol–water partition coefficient (Wildman–Crippen LogP) is 6.11. The number of nitrogens with one attached hydrogen (secondary N) is 2. The number of benzene rings is 2. The fourth-order valence-corrected chi connectivity index (χ4v) is 6.30. The molecular formula is C30H34N4O2S. The fraction of sp³-hybridized carbons (Fsp3) is 0.367. The van der Waals surface area contributed by atoms with Crippen molar-refractivity contribution in [3.63, 3.8) is 0 Å². The van der Waals surface area contributed by atoms with Crippen LogP contribution in [0.25, 0.3) is 0 Å². The van der Waals surface area contributed by atoms with Crippen molar-refractivity contribution in [3.8, 4) is 0 Å². The van der Waals surface area contributed by atoms with Crippen molar-refractivity contribution in [3.05, 3.63) is 92.9 Å². The molecule has 0 unspecified atom stereocenters. The van der Waals surface area contributed by atoms with Crippen LogP contribution in [0.2, 0.25) is 0 Å². The van der Waals surface area contributed by atoms with E-state index >= 15 is 0 Å². The third kappa shape index (κ3) is 5.10. The topological polar surface area (TPSA) is 78.1 Å². The van der Waals surface area contributed by atoms with Gasteiger partial charge in [0.25, 0.3) is 5.56 Å². The first-order valence-corrected chi connectivity index (χ1v) is 14.0. The molecule has 2 aliphatic rings. The number of rotatable bonds is 7. The first kappa shape index (κ1) is 25.3. The molecular weight excluding hydrogens is 480 g/mol. The van der Waals surface area contributed by atoms with E-state index in [4.69, 9.17) is 4.98 Å². The van der Waals surface area contributed by atoms with E-state index < -0.39 is 5.92 Å². The predicted molar refractivity (Wildman–Crippen MR) is 151 cm³/mol. The van der Waals surface area contributed by atoms with Crippen LogP contribution in [0.15, 0.2) is 75.8 Å². The molecule has 3 aromatic rings. The van der Waals surface area contributed by atoms with E-state index in [9.17, 15) is 9.59 Å². The molecule has 0 saturated carbocycles. The molecule has 2 N–H and O–H groups in total. The molecule has 37 heavy (non-hydrogen) atoms. The minimum absolute atomic E-state index is 0.101. The summed E-state index contributed by atoms with van der Waals surface area (Å²) in [6, 6.07) is 18.4. The highest BCUT2D eigenvalue weighted by Crippen LogP contribution is 2.47. The number of thioether (sulfide) groups is 1. The molecule has 2 heterocycles. The van der Waals surface area contributed by atoms with Crippen molar-refractivity contribution in [1.29, 1.82) is 0 Å². The molecule has 0 bridgehead atoms. The quantitative estimate of drug-likeness (QED) is 0.293. The Labute approximate surface area is 222 Å². The van der Waals surface area contributed by atoms with Crippen LogP contribution in [0.3, 0.4) is 0 Å². The lowest BCUT2D eigenvalue weighted by molar-refractivity contribution is -0.118. The number of carbonyl (C=O) groups excluding carboxylic acids is 1. The number of aromatic amines is 1. The van der Waals surface area contributed by atoms with E-state index in [0.717, 1.165) is 42.0 Å². The maximum atomic E-state index is 13.6. The van der Waals surface area contributed by atoms with Crippen molar-refractivity contribution >= 4 is 29.1 Å². The first-order valence-electron chi connectivity index (χ1n) is 13.0. The van der Waals surface area contributed by atoms with Gasteiger partial charge >= 0.3 is 0 Å². The van der Waals surface area contributed by atoms with Gasteiger partial charge in [0.2, 0.25) is 0 Å². The van der Waals surface area contributed by atoms with Gasteiger partial charge in [-0.2, -0.15) is 0 Å². The number of aromatic nitrogens is 2. The molecule has 1 aromatic heterocycles. The monoisotopic (exact) mass is 514 g/mol. The van der Waals surface area contributed by atoms with Crippen molar-refractivity contribution in [2.24, 2.45) is 5.41 Å². The molecule has 2 aromatic carbocycles. The lowest BCUT2D eigenvalue weighted by atomic mass is 9.69. The van der Waals surface area contributed by atoms with E-state index in [-0.39, 0.29) is 16.8 Å². The molecule has 0 fully saturated rings. The average Bonchev–Trinajstić information content (AvgIpc) is 2.87. The molecule has 0 radical (unpaired) electrons. The first-order chi connectivity index (χ1) is 17.8. The summed E-state index contributed by atoms with van der Waals surface area (Å²) in [6.45, 7) is 10.3. The summed E-state index contributed by atoms with van der Waals surface area (Å²) < 4.78 is 0. The minimum atomic E-state index is -0.440. The van der Waals surface area contributed by atoms with Crippen molar-refractivity contribution in [1.82, 2.24) is 9.97 Å². The second-order valence-corrected chi connectivity index (χ2v) is 11.5. The van der Waals surface area contributed by atoms with Crippen LogP contribution in [-0.2, 0) is 10.5 Å². The minimum Gasteiger partial charge on any atom is -0.372 e. The highest BCUT2D eigenvalue weighted by molar-refractivity contribution is 7.98. The lowest BCUT2D eigenvalue weighted by Crippen LogP contribution is -2.37. The summed E-state index contributed by atoms with van der Waals surface area (Å²) in [5.74, 6) is 0.925. The van der Waals surface area contributed by atoms with Crippen LogP contribution in [0.1, 0.15) is 63.1 Å². The summed E-state index contributed by atoms with van der Waals surface area (Å²) in [7, 11) is 0. The Balaban J connectivity index is 1.57. The maximum Gasteiger partial charge on any atom is 0.257 e. The molecule has 0 saturated heterocycles. The number of hydrogen-bond donors (Lipinski definition) is 2. The van der Waals surface area contributed by atoms with Crippen LogP contribution in [-0.4, -0.2) is 28.8 Å². The molecule has 0 spiro atoms. The summed E-state index contributed by atoms with van der Waals surface area (Å²) >= 11 is 1.50. The maximum absolute atomic E-state index is 13.6. The van der Waals surface area contributed by atoms with Gasteiger partial charge in [0.15, 0.2) is 10.9 Å². The number of hydrogen-bond acceptors (Lipinski definition) is 6. The summed E-state index contributed by atoms with van der Waals surface area (Å²) in [6.07, 6.45) is 1.20. The van der Waals surface area contributed by atoms with Crippen LogP contribution >= 0.6 is 11.8 Å². The molecule has 6 nitrogen and oxygen atoms in total. The zero-order valence-corrected chi connectivity index (χ0v) is 22.7. The number of anilines is 2. The van der Waals surface area contributed by atoms with Crippen molar-refractivity contribution < 1.29 is 4.79 Å². The number of fused-ring (bicyclic) bond motifs is 1. The van der Waals surface area contributed by atoms with Crippen LogP contribution in [0.5, 0.6) is 0 Å². The molecule has 192 valence electrons. The third-order valence-electron chi connectivity index (χ3n) is 7.27. The van der Waals surface area contributed by atoms with Gasteiger partial charge in [-0.15, -0.1) is 0 Å². The Hall–Kier alpha value is -3.32. The van der Waals surface area contributed by atoms with Gasteiger partial charge in [-0.3, -0.25) is 9.59 Å². The molecule has 0 amide bonds. The number of nitrogens with zero attached hydrogens (tertiary/aromatic N) is 2. The van der Waals surface area contributed by atoms with E-state index in [1.165, 1.54) is 11.8 Å². The number of allylic oxidation sites excluding steroid dienone is 2. The number of carbonyl (C=O) groups is 1. The molecule has 1 aliphatic heterocycles. The molecule has 1 aliphatic carbocycles. The fourth-order valence-electron chi connectivity index (χ4n) is 5.49. The van der Waals surface area contributed by atoms with Gasteiger partial charge in [-0.05, 0) is 48.9 Å². The zero-order chi connectivity index (χ0) is 26.2. The highest BCUT2D eigenvalue weighted by Gasteiger charge is 2.42. The second kappa shape index (κ2) is 10.2. The standard InChI is InChI=1S/C30H34N4O2S/c1-5-34(6-2)21-14-12-20(13-15-21)24-25-22(16-30(3,4)17-23(25)35)31-27-26(24)28(36)33-29(32-27)37-18-19-10-8-7-9-11-19/h7-15,24H,5-6,16-18H2,1-4H3,(H2,31,32,33,36)/t24-/m1/s1. The van der Waals surface area contributed by atoms with E-state index in [2.05, 4.69) is 79.3 Å². The number of H-pyrrole nitrogens is 1. The van der Waals surface area contributed by atoms with Crippen LogP contribution in [0, 0.1) is 5.41 Å². The van der Waals surface area contributed by atoms with Gasteiger partial charge in [-0.25, -0.2) is 4.98 Å². The third-order valence-corrected chi connectivity index (χ3v) is 8.22. The summed E-state index contributed by atoms with van der Waals surface area (Å²) in [5.41, 5.74) is 5.01. The van der Waals surface area contributed by atoms with Gasteiger partial charge in [-0.1, -0.05) is 68.1 Å². The van der Waals surface area contributed by atoms with E-state index in [1.807, 2.05) is 18.2 Å². The largest absolute Gasteiger partial charge is 0.372 e. The van der Waals surface area contributed by atoms with Gasteiger partial charge in [0.1, 0.15) is 5.82 Å². The SMILES string of the molecule is CCN(CC)c1ccc([C@@H]2C3=C(CC(C)(C)CC3=O)Nc3nc(SCc4ccccc4)[nH]c(=O)c32)cc1. The average molecular weight is 515 g/mol. The lowest BCUT2D eigenvalue weighted by Gasteiger charge is -2.38. The smallest absolute Gasteiger partial charge is 0.257 e. The normalized spacial score (nSPS) is 18.2. The Bertz CT molecular complexity index is 1390. The van der Waals surface area contributed by atoms with Crippen molar-refractivity contribution in [2.75, 3.05) is 23.3 Å². The number of Topliss-reactive ketones (excluding diaryl/α,β-unsaturated/α-hetero) is 1. The Kier molecular flexibility index (Phi) is 6.99. The second-order valence-electron chi connectivity index (χ2n) is 10.6. The van der Waals surface area contributed by atoms with Gasteiger partial charge in [0.05, 0.1) is 5.56 Å². The van der Waals surface area contributed by atoms with E-state index in [1.54, 1.807) is 0 Å². The van der Waals surface area contributed by atoms with E-state index in [0.29, 0.717) is 34.3 Å². The Morgan fingerprint density at radius 2 is 1.70 bits per heavy atom. The van der Waals surface area contributed by atoms with Crippen molar-refractivity contribution in [2.45, 2.75) is 57.4 Å². The Morgan fingerprint density at radius 1 is 1.00 bits per heavy atom. The summed E-state index contributed by atoms with van der Waals surface area (Å²) in [4.78, 5) is 37.2. The highest BCUT2D eigenvalue weighted by atomic mass is 32.2. The molecule has 7 heteroatoms. The van der Waals surface area contributed by atoms with Crippen LogP contribution < -0.4 is 15.8 Å². The zero-order valence-electron chi connectivity index (χ0n) is 21.9. The number of ketones is 1. The molecule has 5 rings (SSSR count). The summed E-state index contributed by atoms with van der Waals surface area (Å²) in [5, 5.41) is 3.99.